The molecule has 2 rings (SSSR count). The number of nitrogens with one attached hydrogen (secondary N) is 1. The summed E-state index contributed by atoms with van der Waals surface area (Å²) in [5.41, 5.74) is 1.97. The fourth-order valence-corrected chi connectivity index (χ4v) is 2.12. The van der Waals surface area contributed by atoms with Crippen LogP contribution < -0.4 is 10.1 Å². The Morgan fingerprint density at radius 1 is 1.13 bits per heavy atom. The third-order valence-corrected chi connectivity index (χ3v) is 3.10. The SMILES string of the molecule is CCOc1ccccc1/C=C/C(=O)c1cccc(NC(C)=O)c1. The lowest BCUT2D eigenvalue weighted by molar-refractivity contribution is -0.114. The summed E-state index contributed by atoms with van der Waals surface area (Å²) >= 11 is 0. The second kappa shape index (κ2) is 7.94. The zero-order valence-electron chi connectivity index (χ0n) is 13.2. The van der Waals surface area contributed by atoms with Crippen LogP contribution in [0.5, 0.6) is 5.75 Å². The molecule has 1 amide bonds. The minimum absolute atomic E-state index is 0.136. The Morgan fingerprint density at radius 2 is 1.91 bits per heavy atom. The van der Waals surface area contributed by atoms with Crippen LogP contribution in [0.4, 0.5) is 5.69 Å². The number of hydrogen-bond donors (Lipinski definition) is 1. The summed E-state index contributed by atoms with van der Waals surface area (Å²) in [4.78, 5) is 23.4. The number of benzene rings is 2. The molecule has 0 saturated heterocycles. The van der Waals surface area contributed by atoms with Gasteiger partial charge in [0.1, 0.15) is 5.75 Å². The standard InChI is InChI=1S/C19H19NO3/c1-3-23-19-10-5-4-7-15(19)11-12-18(22)16-8-6-9-17(13-16)20-14(2)21/h4-13H,3H2,1-2H3,(H,20,21)/b12-11+. The molecule has 118 valence electrons. The van der Waals surface area contributed by atoms with E-state index in [4.69, 9.17) is 4.74 Å². The van der Waals surface area contributed by atoms with Crippen LogP contribution in [0.25, 0.3) is 6.08 Å². The summed E-state index contributed by atoms with van der Waals surface area (Å²) in [6, 6.07) is 14.4. The van der Waals surface area contributed by atoms with E-state index in [2.05, 4.69) is 5.32 Å². The third kappa shape index (κ3) is 4.81. The summed E-state index contributed by atoms with van der Waals surface area (Å²) < 4.78 is 5.53. The Kier molecular flexibility index (Phi) is 5.69. The first-order valence-electron chi connectivity index (χ1n) is 7.42. The van der Waals surface area contributed by atoms with Gasteiger partial charge in [0.25, 0.3) is 0 Å². The average molecular weight is 309 g/mol. The smallest absolute Gasteiger partial charge is 0.221 e. The first kappa shape index (κ1) is 16.5. The van der Waals surface area contributed by atoms with Gasteiger partial charge >= 0.3 is 0 Å². The molecule has 4 heteroatoms. The normalized spacial score (nSPS) is 10.5. The molecule has 1 N–H and O–H groups in total. The van der Waals surface area contributed by atoms with Gasteiger partial charge in [0.15, 0.2) is 5.78 Å². The van der Waals surface area contributed by atoms with Crippen LogP contribution in [0, 0.1) is 0 Å². The predicted molar refractivity (Wildman–Crippen MR) is 91.7 cm³/mol. The molecule has 0 bridgehead atoms. The third-order valence-electron chi connectivity index (χ3n) is 3.10. The van der Waals surface area contributed by atoms with Crippen molar-refractivity contribution in [2.45, 2.75) is 13.8 Å². The van der Waals surface area contributed by atoms with Gasteiger partial charge in [0.05, 0.1) is 6.61 Å². The molecular weight excluding hydrogens is 290 g/mol. The second-order valence-electron chi connectivity index (χ2n) is 4.93. The number of ketones is 1. The van der Waals surface area contributed by atoms with Gasteiger partial charge < -0.3 is 10.1 Å². The molecular formula is C19H19NO3. The molecule has 2 aromatic rings. The van der Waals surface area contributed by atoms with Crippen LogP contribution in [-0.4, -0.2) is 18.3 Å². The maximum Gasteiger partial charge on any atom is 0.221 e. The van der Waals surface area contributed by atoms with Gasteiger partial charge in [-0.2, -0.15) is 0 Å². The van der Waals surface area contributed by atoms with E-state index in [0.29, 0.717) is 17.9 Å². The summed E-state index contributed by atoms with van der Waals surface area (Å²) in [6.07, 6.45) is 3.24. The van der Waals surface area contributed by atoms with E-state index < -0.39 is 0 Å². The van der Waals surface area contributed by atoms with Crippen molar-refractivity contribution in [3.8, 4) is 5.75 Å². The summed E-state index contributed by atoms with van der Waals surface area (Å²) in [6.45, 7) is 3.91. The van der Waals surface area contributed by atoms with Crippen LogP contribution in [0.2, 0.25) is 0 Å². The van der Waals surface area contributed by atoms with E-state index in [0.717, 1.165) is 11.3 Å². The summed E-state index contributed by atoms with van der Waals surface area (Å²) in [5.74, 6) is 0.435. The molecule has 4 nitrogen and oxygen atoms in total. The molecule has 0 spiro atoms. The fraction of sp³-hybridized carbons (Fsp3) is 0.158. The molecule has 0 radical (unpaired) electrons. The summed E-state index contributed by atoms with van der Waals surface area (Å²) in [5, 5.41) is 2.66. The predicted octanol–water partition coefficient (Wildman–Crippen LogP) is 3.94. The van der Waals surface area contributed by atoms with Crippen molar-refractivity contribution < 1.29 is 14.3 Å². The second-order valence-corrected chi connectivity index (χ2v) is 4.93. The van der Waals surface area contributed by atoms with E-state index in [1.165, 1.54) is 13.0 Å². The van der Waals surface area contributed by atoms with Gasteiger partial charge in [-0.15, -0.1) is 0 Å². The number of rotatable bonds is 6. The summed E-state index contributed by atoms with van der Waals surface area (Å²) in [7, 11) is 0. The van der Waals surface area contributed by atoms with Gasteiger partial charge in [-0.05, 0) is 37.3 Å². The minimum atomic E-state index is -0.171. The van der Waals surface area contributed by atoms with Crippen LogP contribution in [0.15, 0.2) is 54.6 Å². The highest BCUT2D eigenvalue weighted by Crippen LogP contribution is 2.20. The topological polar surface area (TPSA) is 55.4 Å². The van der Waals surface area contributed by atoms with E-state index in [1.807, 2.05) is 31.2 Å². The zero-order valence-corrected chi connectivity index (χ0v) is 13.2. The lowest BCUT2D eigenvalue weighted by atomic mass is 10.1. The highest BCUT2D eigenvalue weighted by Gasteiger charge is 2.05. The average Bonchev–Trinajstić information content (AvgIpc) is 2.53. The number of carbonyl (C=O) groups is 2. The van der Waals surface area contributed by atoms with Gasteiger partial charge in [-0.1, -0.05) is 30.3 Å². The van der Waals surface area contributed by atoms with Gasteiger partial charge in [0.2, 0.25) is 5.91 Å². The van der Waals surface area contributed by atoms with Gasteiger partial charge in [-0.25, -0.2) is 0 Å². The highest BCUT2D eigenvalue weighted by molar-refractivity contribution is 6.07. The highest BCUT2D eigenvalue weighted by atomic mass is 16.5. The van der Waals surface area contributed by atoms with Crippen LogP contribution in [-0.2, 0) is 4.79 Å². The molecule has 0 aliphatic carbocycles. The molecule has 0 heterocycles. The van der Waals surface area contributed by atoms with Crippen molar-refractivity contribution in [3.63, 3.8) is 0 Å². The van der Waals surface area contributed by atoms with Crippen molar-refractivity contribution in [2.24, 2.45) is 0 Å². The maximum atomic E-state index is 12.3. The largest absolute Gasteiger partial charge is 0.493 e. The van der Waals surface area contributed by atoms with Crippen molar-refractivity contribution in [1.29, 1.82) is 0 Å². The molecule has 0 aliphatic heterocycles. The molecule has 0 unspecified atom stereocenters. The van der Waals surface area contributed by atoms with Gasteiger partial charge in [0, 0.05) is 23.7 Å². The Hall–Kier alpha value is -2.88. The van der Waals surface area contributed by atoms with Crippen molar-refractivity contribution in [1.82, 2.24) is 0 Å². The Labute approximate surface area is 135 Å². The Morgan fingerprint density at radius 3 is 2.65 bits per heavy atom. The lowest BCUT2D eigenvalue weighted by Gasteiger charge is -2.06. The first-order valence-corrected chi connectivity index (χ1v) is 7.42. The molecule has 0 aromatic heterocycles. The van der Waals surface area contributed by atoms with Gasteiger partial charge in [-0.3, -0.25) is 9.59 Å². The quantitative estimate of drug-likeness (QED) is 0.649. The van der Waals surface area contributed by atoms with Crippen LogP contribution >= 0.6 is 0 Å². The monoisotopic (exact) mass is 309 g/mol. The van der Waals surface area contributed by atoms with Crippen molar-refractivity contribution in [3.05, 3.63) is 65.7 Å². The van der Waals surface area contributed by atoms with Crippen LogP contribution in [0.3, 0.4) is 0 Å². The molecule has 0 fully saturated rings. The Bertz CT molecular complexity index is 735. The van der Waals surface area contributed by atoms with E-state index >= 15 is 0 Å². The molecule has 2 aromatic carbocycles. The molecule has 0 atom stereocenters. The zero-order chi connectivity index (χ0) is 16.7. The Balaban J connectivity index is 2.17. The fourth-order valence-electron chi connectivity index (χ4n) is 2.12. The van der Waals surface area contributed by atoms with E-state index in [9.17, 15) is 9.59 Å². The number of carbonyl (C=O) groups excluding carboxylic acids is 2. The lowest BCUT2D eigenvalue weighted by Crippen LogP contribution is -2.06. The maximum absolute atomic E-state index is 12.3. The van der Waals surface area contributed by atoms with E-state index in [1.54, 1.807) is 30.3 Å². The number of amides is 1. The number of hydrogen-bond acceptors (Lipinski definition) is 3. The number of anilines is 1. The van der Waals surface area contributed by atoms with Crippen LogP contribution in [0.1, 0.15) is 29.8 Å². The minimum Gasteiger partial charge on any atom is -0.493 e. The number of ether oxygens (including phenoxy) is 1. The first-order chi connectivity index (χ1) is 11.1. The van der Waals surface area contributed by atoms with Crippen molar-refractivity contribution >= 4 is 23.5 Å². The number of allylic oxidation sites excluding steroid dienone is 1. The number of para-hydroxylation sites is 1. The molecule has 23 heavy (non-hydrogen) atoms. The van der Waals surface area contributed by atoms with E-state index in [-0.39, 0.29) is 11.7 Å². The molecule has 0 aliphatic rings. The molecule has 0 saturated carbocycles. The van der Waals surface area contributed by atoms with Crippen molar-refractivity contribution in [2.75, 3.05) is 11.9 Å².